The average Bonchev–Trinajstić information content (AvgIpc) is 3.42. The topological polar surface area (TPSA) is 178 Å². The van der Waals surface area contributed by atoms with Crippen LogP contribution in [0.1, 0.15) is 23.4 Å². The van der Waals surface area contributed by atoms with Crippen molar-refractivity contribution in [3.63, 3.8) is 0 Å². The van der Waals surface area contributed by atoms with Crippen LogP contribution >= 0.6 is 0 Å². The van der Waals surface area contributed by atoms with Gasteiger partial charge in [0.25, 0.3) is 0 Å². The van der Waals surface area contributed by atoms with Crippen LogP contribution in [0.15, 0.2) is 36.9 Å². The number of nitrogens with one attached hydrogen (secondary N) is 2. The summed E-state index contributed by atoms with van der Waals surface area (Å²) in [5, 5.41) is 34.5. The molecule has 3 heterocycles. The van der Waals surface area contributed by atoms with Crippen molar-refractivity contribution in [2.24, 2.45) is 0 Å². The molecule has 1 saturated heterocycles. The lowest BCUT2D eigenvalue weighted by Gasteiger charge is -2.19. The first-order chi connectivity index (χ1) is 15.4. The second-order valence-corrected chi connectivity index (χ2v) is 8.53. The van der Waals surface area contributed by atoms with Crippen LogP contribution in [-0.4, -0.2) is 74.6 Å². The molecule has 13 heteroatoms. The summed E-state index contributed by atoms with van der Waals surface area (Å²) in [5.41, 5.74) is 2.79. The molecule has 0 bridgehead atoms. The third-order valence-corrected chi connectivity index (χ3v) is 6.27. The van der Waals surface area contributed by atoms with Gasteiger partial charge in [0, 0.05) is 24.2 Å². The fourth-order valence-corrected chi connectivity index (χ4v) is 4.62. The molecule has 5 N–H and O–H groups in total. The van der Waals surface area contributed by atoms with E-state index < -0.39 is 41.9 Å². The number of hydrogen-bond acceptors (Lipinski definition) is 10. The number of aliphatic hydroxyl groups excluding tert-OH is 3. The third kappa shape index (κ3) is 3.67. The van der Waals surface area contributed by atoms with Crippen LogP contribution in [0.25, 0.3) is 11.2 Å². The number of nitrogens with zero attached hydrogens (tertiary/aromatic N) is 4. The monoisotopic (exact) mass is 461 g/mol. The first-order valence-electron chi connectivity index (χ1n) is 9.98. The molecule has 0 radical (unpaired) electrons. The lowest BCUT2D eigenvalue weighted by Crippen LogP contribution is -2.38. The first kappa shape index (κ1) is 21.3. The number of ether oxygens (including phenoxy) is 1. The summed E-state index contributed by atoms with van der Waals surface area (Å²) in [4.78, 5) is 12.9. The molecule has 12 nitrogen and oxygen atoms in total. The van der Waals surface area contributed by atoms with Gasteiger partial charge in [-0.3, -0.25) is 8.78 Å². The van der Waals surface area contributed by atoms with E-state index in [-0.39, 0.29) is 12.6 Å². The summed E-state index contributed by atoms with van der Waals surface area (Å²) in [5.74, 6) is 0.405. The molecule has 3 aromatic rings. The molecule has 0 spiro atoms. The molecule has 1 fully saturated rings. The third-order valence-electron chi connectivity index (χ3n) is 5.87. The normalized spacial score (nSPS) is 30.5. The maximum atomic E-state index is 10.7. The second-order valence-electron chi connectivity index (χ2n) is 7.77. The predicted octanol–water partition coefficient (Wildman–Crippen LogP) is -1.10. The van der Waals surface area contributed by atoms with Crippen LogP contribution in [0.2, 0.25) is 0 Å². The average molecular weight is 461 g/mol. The van der Waals surface area contributed by atoms with E-state index in [4.69, 9.17) is 4.74 Å². The highest BCUT2D eigenvalue weighted by Crippen LogP contribution is 2.36. The summed E-state index contributed by atoms with van der Waals surface area (Å²) in [6, 6.07) is 7.40. The van der Waals surface area contributed by atoms with E-state index in [1.54, 1.807) is 0 Å². The molecule has 2 aliphatic rings. The van der Waals surface area contributed by atoms with Gasteiger partial charge in [0.05, 0.1) is 18.5 Å². The standard InChI is InChI=1S/C19H22N6O6S/c26-11-5-9-3-1-2-4-10(9)13(11)24-17-14-18(21-7-20-17)25(8-22-14)19-16(28)15(27)12(31-19)6-23-32(29)30/h1-4,7-8,11-13,15-16,19,23,26-28H,5-6H2,(H,29,30)(H,20,21,24)/p-1/t11-,12+,13+,15+,16+,19+/m0/s1. The fraction of sp³-hybridized carbons (Fsp3) is 0.421. The van der Waals surface area contributed by atoms with Crippen molar-refractivity contribution in [3.05, 3.63) is 48.0 Å². The van der Waals surface area contributed by atoms with E-state index in [9.17, 15) is 24.1 Å². The largest absolute Gasteiger partial charge is 0.760 e. The van der Waals surface area contributed by atoms with Gasteiger partial charge in [0.2, 0.25) is 0 Å². The molecule has 170 valence electrons. The van der Waals surface area contributed by atoms with E-state index in [1.807, 2.05) is 24.3 Å². The molecular weight excluding hydrogens is 440 g/mol. The predicted molar refractivity (Wildman–Crippen MR) is 111 cm³/mol. The molecule has 0 saturated carbocycles. The lowest BCUT2D eigenvalue weighted by atomic mass is 10.1. The Hall–Kier alpha value is -2.52. The Balaban J connectivity index is 1.42. The van der Waals surface area contributed by atoms with Gasteiger partial charge in [-0.25, -0.2) is 19.7 Å². The number of imidazole rings is 1. The summed E-state index contributed by atoms with van der Waals surface area (Å²) in [6.07, 6.45) is -1.97. The molecule has 0 amide bonds. The molecule has 1 unspecified atom stereocenters. The van der Waals surface area contributed by atoms with Gasteiger partial charge in [0.15, 0.2) is 23.2 Å². The highest BCUT2D eigenvalue weighted by Gasteiger charge is 2.44. The Kier molecular flexibility index (Phi) is 5.63. The summed E-state index contributed by atoms with van der Waals surface area (Å²) >= 11 is -2.52. The van der Waals surface area contributed by atoms with Gasteiger partial charge in [0.1, 0.15) is 24.6 Å². The van der Waals surface area contributed by atoms with E-state index in [0.717, 1.165) is 11.1 Å². The Morgan fingerprint density at radius 1 is 1.19 bits per heavy atom. The SMILES string of the molecule is O=S([O-])NC[C@H]1O[C@@H](n2cnc3c(N[C@@H]4c5ccccc5C[C@@H]4O)ncnc32)[C@H](O)[C@@H]1O. The van der Waals surface area contributed by atoms with E-state index in [2.05, 4.69) is 25.0 Å². The maximum Gasteiger partial charge on any atom is 0.167 e. The number of hydrogen-bond donors (Lipinski definition) is 5. The zero-order chi connectivity index (χ0) is 22.4. The number of aliphatic hydroxyl groups is 3. The summed E-state index contributed by atoms with van der Waals surface area (Å²) < 4.78 is 30.8. The molecule has 32 heavy (non-hydrogen) atoms. The van der Waals surface area contributed by atoms with Crippen molar-refractivity contribution in [2.45, 2.75) is 43.1 Å². The van der Waals surface area contributed by atoms with Crippen LogP contribution < -0.4 is 10.0 Å². The number of benzene rings is 1. The number of aromatic nitrogens is 4. The van der Waals surface area contributed by atoms with Crippen LogP contribution in [0.3, 0.4) is 0 Å². The Morgan fingerprint density at radius 2 is 2.00 bits per heavy atom. The number of rotatable bonds is 6. The number of fused-ring (bicyclic) bond motifs is 2. The smallest absolute Gasteiger partial charge is 0.167 e. The van der Waals surface area contributed by atoms with E-state index >= 15 is 0 Å². The van der Waals surface area contributed by atoms with Gasteiger partial charge in [-0.05, 0) is 11.1 Å². The minimum Gasteiger partial charge on any atom is -0.760 e. The zero-order valence-corrected chi connectivity index (χ0v) is 17.4. The van der Waals surface area contributed by atoms with Crippen LogP contribution in [-0.2, 0) is 22.4 Å². The highest BCUT2D eigenvalue weighted by atomic mass is 32.2. The molecule has 2 aromatic heterocycles. The van der Waals surface area contributed by atoms with Gasteiger partial charge in [-0.2, -0.15) is 0 Å². The minimum atomic E-state index is -2.52. The molecule has 1 aliphatic heterocycles. The molecule has 1 aliphatic carbocycles. The van der Waals surface area contributed by atoms with Crippen molar-refractivity contribution in [2.75, 3.05) is 11.9 Å². The summed E-state index contributed by atoms with van der Waals surface area (Å²) in [7, 11) is 0. The molecule has 1 aromatic carbocycles. The quantitative estimate of drug-likeness (QED) is 0.283. The van der Waals surface area contributed by atoms with Crippen molar-refractivity contribution >= 4 is 28.2 Å². The molecule has 5 rings (SSSR count). The van der Waals surface area contributed by atoms with Gasteiger partial charge < -0.3 is 29.9 Å². The Morgan fingerprint density at radius 3 is 2.81 bits per heavy atom. The maximum absolute atomic E-state index is 10.7. The lowest BCUT2D eigenvalue weighted by molar-refractivity contribution is -0.0330. The van der Waals surface area contributed by atoms with Crippen molar-refractivity contribution in [1.82, 2.24) is 24.2 Å². The van der Waals surface area contributed by atoms with E-state index in [1.165, 1.54) is 17.2 Å². The highest BCUT2D eigenvalue weighted by molar-refractivity contribution is 7.77. The fourth-order valence-electron chi connectivity index (χ4n) is 4.32. The van der Waals surface area contributed by atoms with Crippen molar-refractivity contribution in [3.8, 4) is 0 Å². The van der Waals surface area contributed by atoms with Gasteiger partial charge >= 0.3 is 0 Å². The van der Waals surface area contributed by atoms with Crippen molar-refractivity contribution in [1.29, 1.82) is 0 Å². The minimum absolute atomic E-state index is 0.196. The van der Waals surface area contributed by atoms with Gasteiger partial charge in [-0.15, -0.1) is 0 Å². The van der Waals surface area contributed by atoms with Crippen LogP contribution in [0.5, 0.6) is 0 Å². The summed E-state index contributed by atoms with van der Waals surface area (Å²) in [6.45, 7) is -0.196. The first-order valence-corrected chi connectivity index (χ1v) is 11.1. The molecular formula is C19H21N6O6S-. The van der Waals surface area contributed by atoms with Crippen molar-refractivity contribution < 1.29 is 28.8 Å². The van der Waals surface area contributed by atoms with Gasteiger partial charge in [-0.1, -0.05) is 24.3 Å². The Labute approximate surface area is 184 Å². The Bertz CT molecular complexity index is 1160. The number of anilines is 1. The molecule has 7 atom stereocenters. The van der Waals surface area contributed by atoms with Crippen LogP contribution in [0, 0.1) is 0 Å². The van der Waals surface area contributed by atoms with E-state index in [0.29, 0.717) is 23.4 Å². The van der Waals surface area contributed by atoms with Crippen LogP contribution in [0.4, 0.5) is 5.82 Å². The second kappa shape index (κ2) is 8.44. The zero-order valence-electron chi connectivity index (χ0n) is 16.6.